The molecule has 0 bridgehead atoms. The van der Waals surface area contributed by atoms with Crippen molar-refractivity contribution >= 4 is 47.4 Å². The summed E-state index contributed by atoms with van der Waals surface area (Å²) in [5.74, 6) is -1.16. The average Bonchev–Trinajstić information content (AvgIpc) is 3.34. The van der Waals surface area contributed by atoms with E-state index in [1.54, 1.807) is 4.57 Å². The predicted molar refractivity (Wildman–Crippen MR) is 110 cm³/mol. The fraction of sp³-hybridized carbons (Fsp3) is 0.368. The Morgan fingerprint density at radius 1 is 1.38 bits per heavy atom. The van der Waals surface area contributed by atoms with E-state index >= 15 is 0 Å². The Morgan fingerprint density at radius 2 is 2.14 bits per heavy atom. The molecule has 1 aromatic heterocycles. The number of methoxy groups -OCH3 is 2. The molecule has 0 saturated carbocycles. The van der Waals surface area contributed by atoms with Crippen molar-refractivity contribution in [2.75, 3.05) is 20.8 Å². The molecule has 1 aliphatic rings. The minimum Gasteiger partial charge on any atom is -0.493 e. The summed E-state index contributed by atoms with van der Waals surface area (Å²) in [7, 11) is 2.52. The summed E-state index contributed by atoms with van der Waals surface area (Å²) in [6, 6.07) is 4.32. The van der Waals surface area contributed by atoms with Gasteiger partial charge in [-0.3, -0.25) is 9.56 Å². The van der Waals surface area contributed by atoms with Crippen molar-refractivity contribution < 1.29 is 28.9 Å². The van der Waals surface area contributed by atoms with Crippen molar-refractivity contribution in [1.82, 2.24) is 4.57 Å². The molecule has 0 spiro atoms. The highest BCUT2D eigenvalue weighted by molar-refractivity contribution is 7.73. The van der Waals surface area contributed by atoms with Gasteiger partial charge in [0.2, 0.25) is 5.88 Å². The summed E-state index contributed by atoms with van der Waals surface area (Å²) in [5.41, 5.74) is 0.627. The van der Waals surface area contributed by atoms with E-state index in [0.717, 1.165) is 12.8 Å². The lowest BCUT2D eigenvalue weighted by atomic mass is 10.1. The van der Waals surface area contributed by atoms with Crippen LogP contribution in [0.5, 0.6) is 5.88 Å². The molecule has 29 heavy (non-hydrogen) atoms. The van der Waals surface area contributed by atoms with E-state index in [-0.39, 0.29) is 28.8 Å². The van der Waals surface area contributed by atoms with Crippen molar-refractivity contribution in [3.05, 3.63) is 38.2 Å². The number of carbonyl (C=O) groups excluding carboxylic acids is 2. The number of hydrogen-bond acceptors (Lipinski definition) is 9. The first-order chi connectivity index (χ1) is 13.9. The second-order valence-corrected chi connectivity index (χ2v) is 7.95. The summed E-state index contributed by atoms with van der Waals surface area (Å²) in [4.78, 5) is 28.6. The Morgan fingerprint density at radius 3 is 2.79 bits per heavy atom. The van der Waals surface area contributed by atoms with Crippen LogP contribution >= 0.6 is 23.6 Å². The molecule has 3 rings (SSSR count). The van der Waals surface area contributed by atoms with Crippen LogP contribution in [0.15, 0.2) is 23.2 Å². The zero-order chi connectivity index (χ0) is 21.0. The molecule has 1 atom stereocenters. The first-order valence-electron chi connectivity index (χ1n) is 8.83. The monoisotopic (exact) mass is 436 g/mol. The molecule has 0 amide bonds. The Balaban J connectivity index is 1.93. The van der Waals surface area contributed by atoms with Gasteiger partial charge in [-0.05, 0) is 43.3 Å². The molecule has 2 heterocycles. The number of carbonyl (C=O) groups is 2. The van der Waals surface area contributed by atoms with Gasteiger partial charge >= 0.3 is 11.9 Å². The minimum atomic E-state index is -0.596. The molecule has 8 nitrogen and oxygen atoms in total. The molecule has 0 aliphatic carbocycles. The van der Waals surface area contributed by atoms with Crippen LogP contribution in [-0.4, -0.2) is 54.8 Å². The number of ether oxygens (including phenoxy) is 3. The fourth-order valence-corrected chi connectivity index (χ4v) is 4.14. The highest BCUT2D eigenvalue weighted by atomic mass is 32.1. The van der Waals surface area contributed by atoms with Gasteiger partial charge in [0.15, 0.2) is 3.95 Å². The van der Waals surface area contributed by atoms with Gasteiger partial charge in [-0.2, -0.15) is 0 Å². The molecule has 0 radical (unpaired) electrons. The maximum atomic E-state index is 12.0. The van der Waals surface area contributed by atoms with Crippen LogP contribution in [-0.2, 0) is 20.8 Å². The number of aliphatic imine (C=N–C) groups is 1. The van der Waals surface area contributed by atoms with Gasteiger partial charge in [-0.15, -0.1) is 0 Å². The number of nitrogens with zero attached hydrogens (tertiary/aromatic N) is 2. The second-order valence-electron chi connectivity index (χ2n) is 6.27. The van der Waals surface area contributed by atoms with Gasteiger partial charge in [-0.25, -0.2) is 9.59 Å². The largest absolute Gasteiger partial charge is 0.493 e. The van der Waals surface area contributed by atoms with Crippen molar-refractivity contribution in [3.8, 4) is 5.88 Å². The topological polar surface area (TPSA) is 99.4 Å². The number of aromatic hydroxyl groups is 1. The third-order valence-corrected chi connectivity index (χ3v) is 5.82. The summed E-state index contributed by atoms with van der Waals surface area (Å²) in [6.45, 7) is 1.18. The lowest BCUT2D eigenvalue weighted by molar-refractivity contribution is 0.0587. The maximum absolute atomic E-state index is 12.0. The number of benzene rings is 1. The van der Waals surface area contributed by atoms with Gasteiger partial charge in [0, 0.05) is 6.61 Å². The van der Waals surface area contributed by atoms with Gasteiger partial charge in [0.1, 0.15) is 4.88 Å². The van der Waals surface area contributed by atoms with E-state index in [2.05, 4.69) is 4.99 Å². The molecule has 2 aromatic rings. The Hall–Kier alpha value is -2.56. The molecule has 154 valence electrons. The van der Waals surface area contributed by atoms with E-state index in [1.807, 2.05) is 0 Å². The molecule has 10 heteroatoms. The zero-order valence-corrected chi connectivity index (χ0v) is 17.5. The third-order valence-electron chi connectivity index (χ3n) is 4.45. The number of rotatable bonds is 6. The zero-order valence-electron chi connectivity index (χ0n) is 15.9. The lowest BCUT2D eigenvalue weighted by Gasteiger charge is -2.10. The Bertz CT molecular complexity index is 1000. The van der Waals surface area contributed by atoms with Crippen LogP contribution in [0.1, 0.15) is 38.4 Å². The van der Waals surface area contributed by atoms with E-state index < -0.39 is 11.9 Å². The van der Waals surface area contributed by atoms with Gasteiger partial charge < -0.3 is 19.3 Å². The minimum absolute atomic E-state index is 0.0111. The van der Waals surface area contributed by atoms with Crippen LogP contribution < -0.4 is 0 Å². The van der Waals surface area contributed by atoms with Crippen LogP contribution in [0.3, 0.4) is 0 Å². The second kappa shape index (κ2) is 9.29. The Labute approximate surface area is 176 Å². The van der Waals surface area contributed by atoms with Crippen LogP contribution in [0.4, 0.5) is 5.69 Å². The first kappa shape index (κ1) is 21.2. The standard InChI is InChI=1S/C19H20N2O6S2/c1-25-17(23)11-5-6-13(18(24)26-2)14(8-11)20-9-15-16(22)21(19(28)29-15)10-12-4-3-7-27-12/h5-6,8-9,12,22H,3-4,7,10H2,1-2H3/t12-/m0/s1. The maximum Gasteiger partial charge on any atom is 0.340 e. The lowest BCUT2D eigenvalue weighted by Crippen LogP contribution is -2.14. The van der Waals surface area contributed by atoms with Crippen molar-refractivity contribution in [2.24, 2.45) is 4.99 Å². The van der Waals surface area contributed by atoms with E-state index in [4.69, 9.17) is 26.4 Å². The number of esters is 2. The van der Waals surface area contributed by atoms with Crippen LogP contribution in [0.2, 0.25) is 0 Å². The summed E-state index contributed by atoms with van der Waals surface area (Å²) < 4.78 is 17.2. The molecular weight excluding hydrogens is 416 g/mol. The summed E-state index contributed by atoms with van der Waals surface area (Å²) in [5, 5.41) is 10.5. The molecular formula is C19H20N2O6S2. The Kier molecular flexibility index (Phi) is 6.78. The smallest absolute Gasteiger partial charge is 0.340 e. The number of hydrogen-bond donors (Lipinski definition) is 1. The molecule has 1 fully saturated rings. The van der Waals surface area contributed by atoms with Crippen molar-refractivity contribution in [3.63, 3.8) is 0 Å². The van der Waals surface area contributed by atoms with Gasteiger partial charge in [-0.1, -0.05) is 11.3 Å². The highest BCUT2D eigenvalue weighted by Gasteiger charge is 2.20. The highest BCUT2D eigenvalue weighted by Crippen LogP contribution is 2.28. The predicted octanol–water partition coefficient (Wildman–Crippen LogP) is 3.49. The number of thiazole rings is 1. The van der Waals surface area contributed by atoms with E-state index in [0.29, 0.717) is 22.0 Å². The SMILES string of the molecule is COC(=O)c1ccc(C(=O)OC)c(N=Cc2sc(=S)n(C[C@@H]3CCCO3)c2O)c1. The van der Waals surface area contributed by atoms with Crippen LogP contribution in [0, 0.1) is 3.95 Å². The average molecular weight is 437 g/mol. The first-order valence-corrected chi connectivity index (χ1v) is 10.1. The van der Waals surface area contributed by atoms with Crippen molar-refractivity contribution in [1.29, 1.82) is 0 Å². The molecule has 1 saturated heterocycles. The van der Waals surface area contributed by atoms with E-state index in [1.165, 1.54) is 50.0 Å². The summed E-state index contributed by atoms with van der Waals surface area (Å²) >= 11 is 6.55. The molecule has 1 aromatic carbocycles. The third kappa shape index (κ3) is 4.72. The van der Waals surface area contributed by atoms with Gasteiger partial charge in [0.25, 0.3) is 0 Å². The van der Waals surface area contributed by atoms with Gasteiger partial charge in [0.05, 0.1) is 49.9 Å². The normalized spacial score (nSPS) is 16.3. The van der Waals surface area contributed by atoms with Crippen LogP contribution in [0.25, 0.3) is 0 Å². The molecule has 0 unspecified atom stereocenters. The fourth-order valence-electron chi connectivity index (χ4n) is 2.95. The van der Waals surface area contributed by atoms with Crippen molar-refractivity contribution in [2.45, 2.75) is 25.5 Å². The number of aromatic nitrogens is 1. The quantitative estimate of drug-likeness (QED) is 0.420. The molecule has 1 aliphatic heterocycles. The summed E-state index contributed by atoms with van der Waals surface area (Å²) in [6.07, 6.45) is 3.34. The molecule has 1 N–H and O–H groups in total. The van der Waals surface area contributed by atoms with E-state index in [9.17, 15) is 14.7 Å².